The van der Waals surface area contributed by atoms with Gasteiger partial charge in [0.1, 0.15) is 5.82 Å². The highest BCUT2D eigenvalue weighted by Crippen LogP contribution is 2.10. The average molecular weight is 222 g/mol. The number of halogens is 1. The molecule has 1 atom stereocenters. The molecule has 0 aromatic heterocycles. The maximum absolute atomic E-state index is 12.7. The lowest BCUT2D eigenvalue weighted by Crippen LogP contribution is -2.37. The van der Waals surface area contributed by atoms with Crippen LogP contribution in [0.4, 0.5) is 4.39 Å². The largest absolute Gasteiger partial charge is 0.326 e. The smallest absolute Gasteiger partial charge is 0.123 e. The van der Waals surface area contributed by atoms with Crippen molar-refractivity contribution in [3.8, 4) is 0 Å². The summed E-state index contributed by atoms with van der Waals surface area (Å²) in [6.45, 7) is 3.31. The predicted molar refractivity (Wildman–Crippen MR) is 63.8 cm³/mol. The molecule has 1 aromatic rings. The summed E-state index contributed by atoms with van der Waals surface area (Å²) < 4.78 is 12.7. The molecule has 0 spiro atoms. The van der Waals surface area contributed by atoms with Crippen molar-refractivity contribution < 1.29 is 4.39 Å². The van der Waals surface area contributed by atoms with E-state index in [9.17, 15) is 4.39 Å². The Morgan fingerprint density at radius 1 is 1.19 bits per heavy atom. The minimum absolute atomic E-state index is 0.156. The van der Waals surface area contributed by atoms with Gasteiger partial charge in [-0.2, -0.15) is 0 Å². The fourth-order valence-corrected chi connectivity index (χ4v) is 2.28. The van der Waals surface area contributed by atoms with Crippen LogP contribution in [0.25, 0.3) is 0 Å². The quantitative estimate of drug-likeness (QED) is 0.841. The van der Waals surface area contributed by atoms with E-state index >= 15 is 0 Å². The van der Waals surface area contributed by atoms with Crippen LogP contribution in [0.15, 0.2) is 24.3 Å². The van der Waals surface area contributed by atoms with Gasteiger partial charge < -0.3 is 10.6 Å². The van der Waals surface area contributed by atoms with E-state index in [0.717, 1.165) is 18.5 Å². The molecule has 3 heteroatoms. The Kier molecular flexibility index (Phi) is 3.91. The minimum atomic E-state index is -0.183. The monoisotopic (exact) mass is 222 g/mol. The van der Waals surface area contributed by atoms with E-state index in [1.165, 1.54) is 38.1 Å². The first-order chi connectivity index (χ1) is 7.74. The van der Waals surface area contributed by atoms with Gasteiger partial charge in [0, 0.05) is 12.6 Å². The summed E-state index contributed by atoms with van der Waals surface area (Å²) in [5, 5.41) is 0. The molecule has 1 unspecified atom stereocenters. The van der Waals surface area contributed by atoms with Gasteiger partial charge in [-0.25, -0.2) is 4.39 Å². The Morgan fingerprint density at radius 3 is 2.44 bits per heavy atom. The Morgan fingerprint density at radius 2 is 1.81 bits per heavy atom. The highest BCUT2D eigenvalue weighted by atomic mass is 19.1. The minimum Gasteiger partial charge on any atom is -0.326 e. The maximum Gasteiger partial charge on any atom is 0.123 e. The lowest BCUT2D eigenvalue weighted by Gasteiger charge is -2.20. The normalized spacial score (nSPS) is 18.9. The topological polar surface area (TPSA) is 29.3 Å². The summed E-state index contributed by atoms with van der Waals surface area (Å²) in [5.74, 6) is -0.183. The lowest BCUT2D eigenvalue weighted by atomic mass is 10.1. The van der Waals surface area contributed by atoms with Crippen LogP contribution in [0, 0.1) is 5.82 Å². The van der Waals surface area contributed by atoms with E-state index in [-0.39, 0.29) is 11.9 Å². The molecule has 2 nitrogen and oxygen atoms in total. The van der Waals surface area contributed by atoms with Gasteiger partial charge in [-0.1, -0.05) is 12.1 Å². The van der Waals surface area contributed by atoms with Gasteiger partial charge in [0.2, 0.25) is 0 Å². The molecule has 0 saturated carbocycles. The summed E-state index contributed by atoms with van der Waals surface area (Å²) >= 11 is 0. The van der Waals surface area contributed by atoms with Crippen molar-refractivity contribution in [2.75, 3.05) is 19.6 Å². The number of likely N-dealkylation sites (tertiary alicyclic amines) is 1. The highest BCUT2D eigenvalue weighted by Gasteiger charge is 2.14. The number of benzene rings is 1. The number of hydrogen-bond acceptors (Lipinski definition) is 2. The van der Waals surface area contributed by atoms with Crippen molar-refractivity contribution in [2.24, 2.45) is 5.73 Å². The first kappa shape index (κ1) is 11.6. The van der Waals surface area contributed by atoms with Crippen LogP contribution >= 0.6 is 0 Å². The third-order valence-electron chi connectivity index (χ3n) is 3.10. The predicted octanol–water partition coefficient (Wildman–Crippen LogP) is 1.79. The number of nitrogens with two attached hydrogens (primary N) is 1. The van der Waals surface area contributed by atoms with E-state index in [1.54, 1.807) is 0 Å². The van der Waals surface area contributed by atoms with Crippen LogP contribution in [0.2, 0.25) is 0 Å². The van der Waals surface area contributed by atoms with Gasteiger partial charge in [-0.05, 0) is 50.0 Å². The zero-order chi connectivity index (χ0) is 11.4. The van der Waals surface area contributed by atoms with Crippen LogP contribution in [0.1, 0.15) is 18.4 Å². The first-order valence-electron chi connectivity index (χ1n) is 5.96. The molecule has 1 fully saturated rings. The Balaban J connectivity index is 1.81. The molecule has 1 aromatic carbocycles. The molecule has 1 saturated heterocycles. The van der Waals surface area contributed by atoms with E-state index < -0.39 is 0 Å². The standard InChI is InChI=1S/C13H19FN2/c14-12-5-3-11(4-6-12)9-13(15)10-16-7-1-2-8-16/h3-6,13H,1-2,7-10,15H2. The fourth-order valence-electron chi connectivity index (χ4n) is 2.28. The van der Waals surface area contributed by atoms with Crippen LogP contribution < -0.4 is 5.73 Å². The SMILES string of the molecule is NC(Cc1ccc(F)cc1)CN1CCCC1. The van der Waals surface area contributed by atoms with Crippen molar-refractivity contribution in [2.45, 2.75) is 25.3 Å². The molecule has 0 aliphatic carbocycles. The van der Waals surface area contributed by atoms with Gasteiger partial charge in [0.15, 0.2) is 0 Å². The highest BCUT2D eigenvalue weighted by molar-refractivity contribution is 5.17. The number of hydrogen-bond donors (Lipinski definition) is 1. The summed E-state index contributed by atoms with van der Waals surface area (Å²) in [6.07, 6.45) is 3.42. The molecule has 0 amide bonds. The fraction of sp³-hybridized carbons (Fsp3) is 0.538. The summed E-state index contributed by atoms with van der Waals surface area (Å²) in [7, 11) is 0. The van der Waals surface area contributed by atoms with Crippen molar-refractivity contribution in [3.63, 3.8) is 0 Å². The molecule has 2 rings (SSSR count). The third kappa shape index (κ3) is 3.29. The summed E-state index contributed by atoms with van der Waals surface area (Å²) in [6, 6.07) is 6.79. The second kappa shape index (κ2) is 5.41. The Labute approximate surface area is 96.2 Å². The molecule has 1 aliphatic rings. The summed E-state index contributed by atoms with van der Waals surface area (Å²) in [4.78, 5) is 2.41. The van der Waals surface area contributed by atoms with Crippen LogP contribution in [-0.4, -0.2) is 30.6 Å². The second-order valence-corrected chi connectivity index (χ2v) is 4.60. The molecule has 88 valence electrons. The Bertz CT molecular complexity index is 317. The first-order valence-corrected chi connectivity index (χ1v) is 5.96. The third-order valence-corrected chi connectivity index (χ3v) is 3.10. The molecule has 2 N–H and O–H groups in total. The van der Waals surface area contributed by atoms with Gasteiger partial charge >= 0.3 is 0 Å². The molecule has 16 heavy (non-hydrogen) atoms. The number of rotatable bonds is 4. The second-order valence-electron chi connectivity index (χ2n) is 4.60. The summed E-state index contributed by atoms with van der Waals surface area (Å²) in [5.41, 5.74) is 7.21. The zero-order valence-electron chi connectivity index (χ0n) is 9.53. The van der Waals surface area contributed by atoms with Crippen LogP contribution in [0.3, 0.4) is 0 Å². The van der Waals surface area contributed by atoms with E-state index in [4.69, 9.17) is 5.73 Å². The van der Waals surface area contributed by atoms with Crippen LogP contribution in [-0.2, 0) is 6.42 Å². The van der Waals surface area contributed by atoms with Gasteiger partial charge in [-0.15, -0.1) is 0 Å². The van der Waals surface area contributed by atoms with Crippen LogP contribution in [0.5, 0.6) is 0 Å². The van der Waals surface area contributed by atoms with E-state index in [2.05, 4.69) is 4.90 Å². The molecule has 0 bridgehead atoms. The van der Waals surface area contributed by atoms with E-state index in [0.29, 0.717) is 0 Å². The van der Waals surface area contributed by atoms with Gasteiger partial charge in [0.05, 0.1) is 0 Å². The maximum atomic E-state index is 12.7. The van der Waals surface area contributed by atoms with Crippen molar-refractivity contribution in [3.05, 3.63) is 35.6 Å². The average Bonchev–Trinajstić information content (AvgIpc) is 2.74. The number of nitrogens with zero attached hydrogens (tertiary/aromatic N) is 1. The van der Waals surface area contributed by atoms with Gasteiger partial charge in [0.25, 0.3) is 0 Å². The molecule has 1 heterocycles. The van der Waals surface area contributed by atoms with Crippen molar-refractivity contribution in [1.29, 1.82) is 0 Å². The van der Waals surface area contributed by atoms with Gasteiger partial charge in [-0.3, -0.25) is 0 Å². The lowest BCUT2D eigenvalue weighted by molar-refractivity contribution is 0.313. The molecule has 1 aliphatic heterocycles. The van der Waals surface area contributed by atoms with Crippen molar-refractivity contribution >= 4 is 0 Å². The molecular formula is C13H19FN2. The van der Waals surface area contributed by atoms with E-state index in [1.807, 2.05) is 12.1 Å². The zero-order valence-corrected chi connectivity index (χ0v) is 9.53. The Hall–Kier alpha value is -0.930. The van der Waals surface area contributed by atoms with Crippen molar-refractivity contribution in [1.82, 2.24) is 4.90 Å². The molecule has 0 radical (unpaired) electrons. The molecular weight excluding hydrogens is 203 g/mol.